The van der Waals surface area contributed by atoms with Crippen molar-refractivity contribution in [1.29, 1.82) is 0 Å². The van der Waals surface area contributed by atoms with Crippen molar-refractivity contribution in [3.8, 4) is 11.5 Å². The number of ether oxygens (including phenoxy) is 1. The van der Waals surface area contributed by atoms with Gasteiger partial charge in [0.2, 0.25) is 0 Å². The molecule has 3 aromatic rings. The molecule has 1 aliphatic heterocycles. The summed E-state index contributed by atoms with van der Waals surface area (Å²) in [6.45, 7) is 10.5. The van der Waals surface area contributed by atoms with Crippen molar-refractivity contribution < 1.29 is 27.6 Å². The number of rotatable bonds is 5. The number of hydrogen-bond acceptors (Lipinski definition) is 4. The molecule has 7 heteroatoms. The Morgan fingerprint density at radius 2 is 1.62 bits per heavy atom. The van der Waals surface area contributed by atoms with Crippen LogP contribution in [0.2, 0.25) is 0 Å². The SMILES string of the molecule is CCC1=CC(C)(C)Cc2cc3c(cc21)C(c1ccccc1C(=O)O)=c1cc2c(cc1O3)=CC(C)(C)C=C2CS(=O)(=O)O. The maximum atomic E-state index is 12.4. The topological polar surface area (TPSA) is 101 Å². The average Bonchev–Trinajstić information content (AvgIpc) is 2.87. The second kappa shape index (κ2) is 9.54. The monoisotopic (exact) mass is 582 g/mol. The highest BCUT2D eigenvalue weighted by molar-refractivity contribution is 7.86. The largest absolute Gasteiger partial charge is 0.478 e. The van der Waals surface area contributed by atoms with Crippen LogP contribution in [0.15, 0.2) is 60.7 Å². The number of allylic oxidation sites excluding steroid dienone is 3. The van der Waals surface area contributed by atoms with E-state index < -0.39 is 27.3 Å². The number of carboxylic acids is 1. The molecule has 6 nitrogen and oxygen atoms in total. The molecule has 0 saturated carbocycles. The first-order chi connectivity index (χ1) is 19.6. The number of benzene rings is 3. The summed E-state index contributed by atoms with van der Waals surface area (Å²) in [6, 6.07) is 14.9. The van der Waals surface area contributed by atoms with Crippen molar-refractivity contribution in [3.05, 3.63) is 105 Å². The number of carbonyl (C=O) groups is 1. The fourth-order valence-electron chi connectivity index (χ4n) is 6.73. The van der Waals surface area contributed by atoms with Gasteiger partial charge in [-0.1, -0.05) is 71.0 Å². The number of hydrogen-bond donors (Lipinski definition) is 2. The van der Waals surface area contributed by atoms with Crippen molar-refractivity contribution in [3.63, 3.8) is 0 Å². The summed E-state index contributed by atoms with van der Waals surface area (Å²) in [4.78, 5) is 12.4. The molecule has 2 N–H and O–H groups in total. The van der Waals surface area contributed by atoms with E-state index in [0.29, 0.717) is 39.0 Å². The van der Waals surface area contributed by atoms with Gasteiger partial charge >= 0.3 is 5.97 Å². The van der Waals surface area contributed by atoms with Crippen molar-refractivity contribution in [2.45, 2.75) is 47.5 Å². The molecule has 2 aliphatic carbocycles. The van der Waals surface area contributed by atoms with Crippen LogP contribution < -0.4 is 15.2 Å². The van der Waals surface area contributed by atoms with Gasteiger partial charge in [0.05, 0.1) is 5.56 Å². The van der Waals surface area contributed by atoms with E-state index in [4.69, 9.17) is 4.74 Å². The lowest BCUT2D eigenvalue weighted by Gasteiger charge is -2.32. The van der Waals surface area contributed by atoms with Gasteiger partial charge in [0, 0.05) is 21.8 Å². The van der Waals surface area contributed by atoms with Gasteiger partial charge in [-0.25, -0.2) is 4.79 Å². The van der Waals surface area contributed by atoms with Crippen molar-refractivity contribution in [2.75, 3.05) is 5.75 Å². The van der Waals surface area contributed by atoms with Crippen LogP contribution in [0.3, 0.4) is 0 Å². The maximum absolute atomic E-state index is 12.4. The summed E-state index contributed by atoms with van der Waals surface area (Å²) >= 11 is 0. The predicted octanol–water partition coefficient (Wildman–Crippen LogP) is 6.21. The molecule has 6 rings (SSSR count). The Kier molecular flexibility index (Phi) is 6.41. The molecule has 0 aromatic heterocycles. The van der Waals surface area contributed by atoms with Gasteiger partial charge in [-0.3, -0.25) is 4.55 Å². The van der Waals surface area contributed by atoms with E-state index in [1.165, 1.54) is 11.1 Å². The van der Waals surface area contributed by atoms with Gasteiger partial charge in [0.1, 0.15) is 17.3 Å². The van der Waals surface area contributed by atoms with E-state index in [2.05, 4.69) is 39.0 Å². The number of carboxylic acid groups (broad SMARTS) is 1. The molecule has 216 valence electrons. The molecular formula is C35H34O6S. The van der Waals surface area contributed by atoms with Crippen LogP contribution >= 0.6 is 0 Å². The minimum absolute atomic E-state index is 0.00298. The van der Waals surface area contributed by atoms with Crippen LogP contribution in [0.4, 0.5) is 0 Å². The molecule has 0 fully saturated rings. The Hall–Kier alpha value is -3.94. The molecule has 0 spiro atoms. The van der Waals surface area contributed by atoms with Crippen molar-refractivity contribution >= 4 is 38.9 Å². The summed E-state index contributed by atoms with van der Waals surface area (Å²) < 4.78 is 40.4. The molecular weight excluding hydrogens is 548 g/mol. The molecule has 0 radical (unpaired) electrons. The lowest BCUT2D eigenvalue weighted by Crippen LogP contribution is -2.29. The zero-order valence-corrected chi connectivity index (χ0v) is 25.2. The average molecular weight is 583 g/mol. The fraction of sp³-hybridized carbons (Fsp3) is 0.286. The Morgan fingerprint density at radius 1 is 0.881 bits per heavy atom. The van der Waals surface area contributed by atoms with Crippen LogP contribution in [0.1, 0.15) is 79.2 Å². The molecule has 0 amide bonds. The van der Waals surface area contributed by atoms with Crippen LogP contribution in [0, 0.1) is 10.8 Å². The Balaban J connectivity index is 1.73. The second-order valence-corrected chi connectivity index (χ2v) is 14.3. The molecule has 3 aromatic carbocycles. The van der Waals surface area contributed by atoms with E-state index in [0.717, 1.165) is 29.2 Å². The van der Waals surface area contributed by atoms with E-state index in [9.17, 15) is 22.9 Å². The Bertz CT molecular complexity index is 1990. The first kappa shape index (κ1) is 28.2. The van der Waals surface area contributed by atoms with Crippen molar-refractivity contribution in [1.82, 2.24) is 0 Å². The third kappa shape index (κ3) is 5.01. The molecule has 42 heavy (non-hydrogen) atoms. The van der Waals surface area contributed by atoms with Gasteiger partial charge in [0.25, 0.3) is 10.1 Å². The predicted molar refractivity (Wildman–Crippen MR) is 166 cm³/mol. The first-order valence-electron chi connectivity index (χ1n) is 14.1. The van der Waals surface area contributed by atoms with Gasteiger partial charge in [-0.2, -0.15) is 8.42 Å². The summed E-state index contributed by atoms with van der Waals surface area (Å²) in [7, 11) is -4.30. The third-order valence-corrected chi connectivity index (χ3v) is 8.91. The Morgan fingerprint density at radius 3 is 2.31 bits per heavy atom. The van der Waals surface area contributed by atoms with Gasteiger partial charge in [0.15, 0.2) is 0 Å². The maximum Gasteiger partial charge on any atom is 0.336 e. The summed E-state index contributed by atoms with van der Waals surface area (Å²) in [5.41, 5.74) is 6.47. The van der Waals surface area contributed by atoms with Gasteiger partial charge in [-0.15, -0.1) is 0 Å². The summed E-state index contributed by atoms with van der Waals surface area (Å²) in [6.07, 6.45) is 7.94. The minimum atomic E-state index is -4.30. The normalized spacial score (nSPS) is 17.8. The van der Waals surface area contributed by atoms with E-state index in [-0.39, 0.29) is 11.0 Å². The quantitative estimate of drug-likeness (QED) is 0.272. The minimum Gasteiger partial charge on any atom is -0.478 e. The molecule has 0 saturated heterocycles. The standard InChI is InChI=1S/C35H34O6S/c1-6-20-15-34(2,3)16-21-11-30-28(13-26(20)21)32(24-9-7-8-10-25(24)33(36)37)29-14-27-22(12-31(29)41-30)17-35(4,5)18-23(27)19-42(38,39)40/h7-15,17-18H,6,16,19H2,1-5H3,(H,36,37)(H,38,39,40). The van der Waals surface area contributed by atoms with Gasteiger partial charge in [-0.05, 0) is 87.2 Å². The molecule has 3 aliphatic rings. The number of aromatic carboxylic acids is 1. The lowest BCUT2D eigenvalue weighted by atomic mass is 9.74. The molecule has 0 unspecified atom stereocenters. The third-order valence-electron chi connectivity index (χ3n) is 8.24. The zero-order valence-electron chi connectivity index (χ0n) is 24.4. The summed E-state index contributed by atoms with van der Waals surface area (Å²) in [5.74, 6) is -0.338. The van der Waals surface area contributed by atoms with Crippen molar-refractivity contribution in [2.24, 2.45) is 10.8 Å². The first-order valence-corrected chi connectivity index (χ1v) is 15.7. The van der Waals surface area contributed by atoms with Crippen LogP contribution in [-0.4, -0.2) is 29.8 Å². The van der Waals surface area contributed by atoms with Gasteiger partial charge < -0.3 is 9.84 Å². The zero-order chi connectivity index (χ0) is 30.2. The number of fused-ring (bicyclic) bond motifs is 4. The van der Waals surface area contributed by atoms with Crippen LogP contribution in [0.5, 0.6) is 11.5 Å². The van der Waals surface area contributed by atoms with E-state index in [1.807, 2.05) is 44.2 Å². The Labute approximate surface area is 246 Å². The van der Waals surface area contributed by atoms with Crippen LogP contribution in [0.25, 0.3) is 22.8 Å². The second-order valence-electron chi connectivity index (χ2n) is 12.8. The highest BCUT2D eigenvalue weighted by Crippen LogP contribution is 2.45. The fourth-order valence-corrected chi connectivity index (χ4v) is 7.36. The highest BCUT2D eigenvalue weighted by atomic mass is 32.2. The van der Waals surface area contributed by atoms with Crippen LogP contribution in [-0.2, 0) is 16.5 Å². The highest BCUT2D eigenvalue weighted by Gasteiger charge is 2.31. The molecule has 1 heterocycles. The smallest absolute Gasteiger partial charge is 0.336 e. The van der Waals surface area contributed by atoms with E-state index in [1.54, 1.807) is 18.2 Å². The molecule has 0 bridgehead atoms. The van der Waals surface area contributed by atoms with E-state index >= 15 is 0 Å². The summed E-state index contributed by atoms with van der Waals surface area (Å²) in [5, 5.41) is 11.6. The lowest BCUT2D eigenvalue weighted by molar-refractivity contribution is 0.0696. The molecule has 0 atom stereocenters.